The van der Waals surface area contributed by atoms with Gasteiger partial charge in [-0.05, 0) is 60.3 Å². The molecule has 0 spiro atoms. The number of rotatable bonds is 45. The monoisotopic (exact) mass is 1480 g/mol. The van der Waals surface area contributed by atoms with Gasteiger partial charge in [-0.15, -0.1) is 32.1 Å². The maximum atomic E-state index is 12.0. The van der Waals surface area contributed by atoms with Gasteiger partial charge >= 0.3 is 97.1 Å². The van der Waals surface area contributed by atoms with Crippen LogP contribution in [0.25, 0.3) is 0 Å². The largest absolute Gasteiger partial charge is 1.00 e. The molecule has 0 unspecified atom stereocenters. The van der Waals surface area contributed by atoms with Crippen molar-refractivity contribution in [3.05, 3.63) is 0 Å². The topological polar surface area (TPSA) is 235 Å². The minimum absolute atomic E-state index is 0. The number of hydrogen-bond donors (Lipinski definition) is 3. The molecule has 0 atom stereocenters. The molecule has 27 heteroatoms. The molecule has 1 saturated heterocycles. The molecule has 0 aliphatic carbocycles. The molecule has 0 amide bonds. The van der Waals surface area contributed by atoms with Gasteiger partial charge in [-0.25, -0.2) is 0 Å². The van der Waals surface area contributed by atoms with Crippen molar-refractivity contribution in [1.82, 2.24) is 0 Å². The quantitative estimate of drug-likeness (QED) is 0.0150. The van der Waals surface area contributed by atoms with Gasteiger partial charge in [-0.1, -0.05) is 66.0 Å². The van der Waals surface area contributed by atoms with Crippen LogP contribution >= 0.6 is 38.8 Å². The second kappa shape index (κ2) is 110. The molecular weight excluding hydrogens is 1370 g/mol. The molecule has 0 aromatic carbocycles. The molecule has 82 heavy (non-hydrogen) atoms. The third kappa shape index (κ3) is 123. The van der Waals surface area contributed by atoms with Crippen LogP contribution in [0.4, 0.5) is 0 Å². The molecule has 21 nitrogen and oxygen atoms in total. The van der Waals surface area contributed by atoms with E-state index in [1.54, 1.807) is 13.8 Å². The summed E-state index contributed by atoms with van der Waals surface area (Å²) in [5.74, 6) is 11.8. The first-order chi connectivity index (χ1) is 38.6. The van der Waals surface area contributed by atoms with Crippen LogP contribution in [0.1, 0.15) is 75.6 Å². The maximum absolute atomic E-state index is 12.0. The molecule has 0 saturated carbocycles. The average Bonchev–Trinajstić information content (AvgIpc) is 4.05. The molecule has 478 valence electrons. The number of terminal acetylenes is 5. The summed E-state index contributed by atoms with van der Waals surface area (Å²) in [6.07, 6.45) is 29.7. The van der Waals surface area contributed by atoms with Crippen LogP contribution in [0.5, 0.6) is 0 Å². The second-order valence-corrected chi connectivity index (χ2v) is 18.3. The van der Waals surface area contributed by atoms with Crippen LogP contribution in [-0.4, -0.2) is 237 Å². The minimum atomic E-state index is -2.98. The van der Waals surface area contributed by atoms with Crippen LogP contribution in [0.3, 0.4) is 0 Å². The van der Waals surface area contributed by atoms with E-state index in [0.717, 1.165) is 50.3 Å². The van der Waals surface area contributed by atoms with E-state index >= 15 is 0 Å². The Morgan fingerprint density at radius 1 is 0.451 bits per heavy atom. The fourth-order valence-electron chi connectivity index (χ4n) is 4.07. The Bertz CT molecular complexity index is 1210. The molecule has 1 aliphatic heterocycles. The predicted molar refractivity (Wildman–Crippen MR) is 323 cm³/mol. The normalized spacial score (nSPS) is 10.4. The van der Waals surface area contributed by atoms with Gasteiger partial charge in [-0.2, -0.15) is 0 Å². The van der Waals surface area contributed by atoms with Crippen molar-refractivity contribution in [3.63, 3.8) is 0 Å². The van der Waals surface area contributed by atoms with Gasteiger partial charge in [0.05, 0.1) is 158 Å². The smallest absolute Gasteiger partial charge is 1.00 e. The van der Waals surface area contributed by atoms with Crippen LogP contribution in [0.15, 0.2) is 0 Å². The Morgan fingerprint density at radius 2 is 0.720 bits per heavy atom. The van der Waals surface area contributed by atoms with E-state index in [9.17, 15) is 4.57 Å². The van der Waals surface area contributed by atoms with Gasteiger partial charge in [0.25, 0.3) is 0 Å². The van der Waals surface area contributed by atoms with E-state index in [1.807, 2.05) is 20.8 Å². The van der Waals surface area contributed by atoms with Gasteiger partial charge in [-0.3, -0.25) is 4.57 Å². The fraction of sp³-hybridized carbons (Fsp3) is 0.818. The number of aliphatic hydroxyl groups is 3. The zero-order chi connectivity index (χ0) is 60.5. The van der Waals surface area contributed by atoms with E-state index in [4.69, 9.17) is 122 Å². The van der Waals surface area contributed by atoms with Gasteiger partial charge in [0.1, 0.15) is 33.0 Å². The van der Waals surface area contributed by atoms with E-state index in [1.165, 1.54) is 12.8 Å². The minimum Gasteiger partial charge on any atom is -1.00 e. The molecular formula is C55H106I2KNaO21P2. The van der Waals surface area contributed by atoms with Crippen molar-refractivity contribution < 1.29 is 206 Å². The van der Waals surface area contributed by atoms with E-state index in [0.29, 0.717) is 152 Å². The molecule has 1 aliphatic rings. The summed E-state index contributed by atoms with van der Waals surface area (Å²) in [4.78, 5) is 0. The van der Waals surface area contributed by atoms with Crippen LogP contribution in [0.2, 0.25) is 0 Å². The van der Waals surface area contributed by atoms with Gasteiger partial charge in [0.15, 0.2) is 0 Å². The number of halogens is 2. The summed E-state index contributed by atoms with van der Waals surface area (Å²) in [5.41, 5.74) is 0. The summed E-state index contributed by atoms with van der Waals surface area (Å²) < 4.78 is 98.5. The van der Waals surface area contributed by atoms with E-state index in [-0.39, 0.29) is 139 Å². The Labute approximate surface area is 595 Å². The summed E-state index contributed by atoms with van der Waals surface area (Å²) in [6, 6.07) is 0. The van der Waals surface area contributed by atoms with Crippen molar-refractivity contribution >= 4 is 38.8 Å². The number of ether oxygens (including phenoxy) is 12. The Hall–Kier alpha value is 1.76. The fourth-order valence-corrected chi connectivity index (χ4v) is 6.71. The second-order valence-electron chi connectivity index (χ2n) is 13.8. The summed E-state index contributed by atoms with van der Waals surface area (Å²) in [6.45, 7) is 29.3. The van der Waals surface area contributed by atoms with Crippen LogP contribution in [0, 0.1) is 61.7 Å². The third-order valence-electron chi connectivity index (χ3n) is 7.10. The molecule has 1 fully saturated rings. The summed E-state index contributed by atoms with van der Waals surface area (Å²) in [7, 11) is -4.04. The zero-order valence-electron chi connectivity index (χ0n) is 52.6. The van der Waals surface area contributed by atoms with Crippen molar-refractivity contribution in [1.29, 1.82) is 0 Å². The molecule has 1 rings (SSSR count). The predicted octanol–water partition coefficient (Wildman–Crippen LogP) is -1.99. The zero-order valence-corrected chi connectivity index (χ0v) is 62.8. The Balaban J connectivity index is -0.0000000802. The first-order valence-corrected chi connectivity index (χ1v) is 31.0. The Kier molecular flexibility index (Phi) is 142. The number of alkyl halides is 1. The number of aliphatic hydroxyl groups excluding tert-OH is 3. The molecule has 0 aromatic heterocycles. The Morgan fingerprint density at radius 3 is 0.951 bits per heavy atom. The molecule has 0 aromatic rings. The third-order valence-corrected chi connectivity index (χ3v) is 11.0. The van der Waals surface area contributed by atoms with Gasteiger partial charge in [0, 0.05) is 30.9 Å². The van der Waals surface area contributed by atoms with Crippen molar-refractivity contribution in [2.75, 3.05) is 222 Å². The average molecular weight is 1480 g/mol. The van der Waals surface area contributed by atoms with Gasteiger partial charge < -0.3 is 120 Å². The standard InChI is InChI=1S/C11H21O5P.2C8H14O2.C7H11IO2.C7H12O3.C6H15O3P.C4H10O3.C4H8O.HI.K.Na.H/c1-4-7-13-8-9-14-10-11-17(12,15-5-2)16-6-3;2*1-3-5-9-7-8-10-6-4-2;2*1-2-4-9-6-7-10-5-3-8;1-4-7-10(8-5-2)9-6-3;5-1-3-7-4-2-6;1-2-4-5-3-1;;;;/h1H,5-11H2,2-3H3;2*1H,4-8H2,2H3;1H,3-7H2;1,8H,3-7H2;4-6H2,1-3H3;5-6H,1-4H2;1-4H2;1H;;;/q;;;;;;;;;2*+1;-1/p-1. The SMILES string of the molecule is C#CCOCCOCCC.C#CCOCCOCCC.C#CCOCCOCCI.C#CCOCCOCCO.C#CCOCCOCCP(=O)(OCC)OCC.C1CCOC1.CCOP(OCC)OCC.OCCOCCO.[H-].[I-].[K+].[Na+]. The van der Waals surface area contributed by atoms with E-state index in [2.05, 4.69) is 70.8 Å². The van der Waals surface area contributed by atoms with E-state index < -0.39 is 16.2 Å². The molecule has 0 bridgehead atoms. The molecule has 0 radical (unpaired) electrons. The van der Waals surface area contributed by atoms with Crippen molar-refractivity contribution in [2.24, 2.45) is 0 Å². The van der Waals surface area contributed by atoms with Crippen molar-refractivity contribution in [2.45, 2.75) is 74.1 Å². The first-order valence-electron chi connectivity index (χ1n) is 26.7. The summed E-state index contributed by atoms with van der Waals surface area (Å²) >= 11 is 2.26. The molecule has 1 heterocycles. The van der Waals surface area contributed by atoms with Crippen LogP contribution in [-0.2, 0) is 84.0 Å². The van der Waals surface area contributed by atoms with Gasteiger partial charge in [0.2, 0.25) is 0 Å². The van der Waals surface area contributed by atoms with Crippen molar-refractivity contribution in [3.8, 4) is 61.7 Å². The maximum Gasteiger partial charge on any atom is 1.00 e. The first kappa shape index (κ1) is 105. The summed E-state index contributed by atoms with van der Waals surface area (Å²) in [5, 5.41) is 24.4. The number of hydrogen-bond acceptors (Lipinski definition) is 21. The van der Waals surface area contributed by atoms with Crippen LogP contribution < -0.4 is 105 Å². The molecule has 3 N–H and O–H groups in total.